The first-order valence-electron chi connectivity index (χ1n) is 10.7. The molecule has 0 saturated heterocycles. The molecule has 1 aliphatic carbocycles. The molecule has 0 heterocycles. The molecular weight excluding hydrogens is 490 g/mol. The Bertz CT molecular complexity index is 976. The van der Waals surface area contributed by atoms with Crippen molar-refractivity contribution in [2.75, 3.05) is 0 Å². The van der Waals surface area contributed by atoms with E-state index in [1.165, 1.54) is 6.42 Å². The summed E-state index contributed by atoms with van der Waals surface area (Å²) in [6, 6.07) is 9.70. The van der Waals surface area contributed by atoms with E-state index in [0.717, 1.165) is 36.8 Å². The normalized spacial score (nSPS) is 15.3. The highest BCUT2D eigenvalue weighted by molar-refractivity contribution is 6.42. The van der Waals surface area contributed by atoms with Crippen LogP contribution in [-0.4, -0.2) is 28.8 Å². The number of nitrogens with one attached hydrogen (secondary N) is 1. The third-order valence-electron chi connectivity index (χ3n) is 5.81. The zero-order chi connectivity index (χ0) is 23.3. The summed E-state index contributed by atoms with van der Waals surface area (Å²) in [6.07, 6.45) is 5.45. The van der Waals surface area contributed by atoms with E-state index in [0.29, 0.717) is 20.1 Å². The quantitative estimate of drug-likeness (QED) is 0.445. The molecule has 0 aliphatic heterocycles. The van der Waals surface area contributed by atoms with Gasteiger partial charge < -0.3 is 10.2 Å². The molecule has 0 unspecified atom stereocenters. The van der Waals surface area contributed by atoms with Crippen LogP contribution in [0.3, 0.4) is 0 Å². The van der Waals surface area contributed by atoms with Gasteiger partial charge in [-0.2, -0.15) is 0 Å². The van der Waals surface area contributed by atoms with Gasteiger partial charge in [-0.15, -0.1) is 0 Å². The summed E-state index contributed by atoms with van der Waals surface area (Å²) in [5.41, 5.74) is 1.44. The Morgan fingerprint density at radius 2 is 1.69 bits per heavy atom. The predicted molar refractivity (Wildman–Crippen MR) is 132 cm³/mol. The average Bonchev–Trinajstić information content (AvgIpc) is 2.76. The molecule has 0 radical (unpaired) electrons. The van der Waals surface area contributed by atoms with Crippen LogP contribution < -0.4 is 5.32 Å². The Morgan fingerprint density at radius 1 is 0.969 bits per heavy atom. The summed E-state index contributed by atoms with van der Waals surface area (Å²) < 4.78 is 0. The molecule has 3 rings (SSSR count). The molecule has 8 heteroatoms. The number of hydrogen-bond acceptors (Lipinski definition) is 2. The highest BCUT2D eigenvalue weighted by atomic mass is 35.5. The molecule has 2 amide bonds. The molecule has 4 nitrogen and oxygen atoms in total. The number of amides is 2. The van der Waals surface area contributed by atoms with Crippen LogP contribution in [0, 0.1) is 0 Å². The molecule has 1 N–H and O–H groups in total. The fourth-order valence-electron chi connectivity index (χ4n) is 3.91. The Labute approximate surface area is 209 Å². The highest BCUT2D eigenvalue weighted by Gasteiger charge is 2.28. The van der Waals surface area contributed by atoms with E-state index in [1.54, 1.807) is 48.2 Å². The minimum absolute atomic E-state index is 0.0865. The first-order chi connectivity index (χ1) is 15.2. The largest absolute Gasteiger partial charge is 0.352 e. The monoisotopic (exact) mass is 514 g/mol. The molecule has 0 bridgehead atoms. The van der Waals surface area contributed by atoms with Gasteiger partial charge in [-0.1, -0.05) is 77.8 Å². The summed E-state index contributed by atoms with van der Waals surface area (Å²) in [6.45, 7) is 1.93. The first kappa shape index (κ1) is 25.2. The van der Waals surface area contributed by atoms with Gasteiger partial charge in [0.25, 0.3) is 0 Å². The third-order valence-corrected chi connectivity index (χ3v) is 7.14. The molecule has 1 fully saturated rings. The van der Waals surface area contributed by atoms with Crippen molar-refractivity contribution in [3.8, 4) is 0 Å². The topological polar surface area (TPSA) is 49.4 Å². The van der Waals surface area contributed by atoms with Crippen molar-refractivity contribution in [3.05, 3.63) is 67.6 Å². The van der Waals surface area contributed by atoms with Crippen LogP contribution in [0.5, 0.6) is 0 Å². The summed E-state index contributed by atoms with van der Waals surface area (Å²) in [5.74, 6) is -0.370. The second-order valence-corrected chi connectivity index (χ2v) is 9.86. The minimum Gasteiger partial charge on any atom is -0.352 e. The lowest BCUT2D eigenvalue weighted by Crippen LogP contribution is -2.50. The van der Waals surface area contributed by atoms with Crippen LogP contribution in [0.1, 0.15) is 50.2 Å². The van der Waals surface area contributed by atoms with Crippen molar-refractivity contribution in [2.45, 2.75) is 64.1 Å². The van der Waals surface area contributed by atoms with E-state index >= 15 is 0 Å². The Kier molecular flexibility index (Phi) is 9.13. The van der Waals surface area contributed by atoms with Crippen LogP contribution in [0.4, 0.5) is 0 Å². The van der Waals surface area contributed by atoms with Crippen molar-refractivity contribution in [2.24, 2.45) is 0 Å². The highest BCUT2D eigenvalue weighted by Crippen LogP contribution is 2.26. The van der Waals surface area contributed by atoms with Gasteiger partial charge in [-0.3, -0.25) is 9.59 Å². The molecule has 1 atom stereocenters. The molecule has 1 saturated carbocycles. The Hall–Kier alpha value is -1.46. The van der Waals surface area contributed by atoms with E-state index in [-0.39, 0.29) is 30.8 Å². The Morgan fingerprint density at radius 3 is 2.34 bits per heavy atom. The molecule has 0 aromatic heterocycles. The molecule has 2 aromatic rings. The first-order valence-corrected chi connectivity index (χ1v) is 12.2. The zero-order valence-corrected chi connectivity index (χ0v) is 20.9. The van der Waals surface area contributed by atoms with Crippen molar-refractivity contribution in [3.63, 3.8) is 0 Å². The molecule has 172 valence electrons. The number of carbonyl (C=O) groups excluding carboxylic acids is 2. The van der Waals surface area contributed by atoms with Crippen LogP contribution in [0.25, 0.3) is 0 Å². The molecule has 0 spiro atoms. The Balaban J connectivity index is 1.80. The third kappa shape index (κ3) is 6.77. The van der Waals surface area contributed by atoms with Gasteiger partial charge in [-0.25, -0.2) is 0 Å². The van der Waals surface area contributed by atoms with Crippen LogP contribution in [0.15, 0.2) is 36.4 Å². The van der Waals surface area contributed by atoms with E-state index in [9.17, 15) is 9.59 Å². The van der Waals surface area contributed by atoms with Gasteiger partial charge in [0.05, 0.1) is 16.5 Å². The second-order valence-electron chi connectivity index (χ2n) is 8.20. The number of benzene rings is 2. The van der Waals surface area contributed by atoms with Gasteiger partial charge in [0.1, 0.15) is 6.04 Å². The number of hydrogen-bond donors (Lipinski definition) is 1. The van der Waals surface area contributed by atoms with E-state index in [1.807, 2.05) is 0 Å². The second kappa shape index (κ2) is 11.6. The lowest BCUT2D eigenvalue weighted by molar-refractivity contribution is -0.140. The maximum atomic E-state index is 13.3. The smallest absolute Gasteiger partial charge is 0.242 e. The standard InChI is InChI=1S/C24H26Cl4N2O2/c1-15(24(32)29-19-5-3-2-4-6-19)30(14-17-8-9-18(25)13-21(17)27)23(31)12-16-7-10-20(26)22(28)11-16/h7-11,13,15,19H,2-6,12,14H2,1H3,(H,29,32)/t15-/m0/s1. The molecule has 2 aromatic carbocycles. The van der Waals surface area contributed by atoms with Crippen molar-refractivity contribution >= 4 is 58.2 Å². The van der Waals surface area contributed by atoms with Gasteiger partial charge in [0, 0.05) is 22.6 Å². The van der Waals surface area contributed by atoms with E-state index in [4.69, 9.17) is 46.4 Å². The van der Waals surface area contributed by atoms with Crippen molar-refractivity contribution < 1.29 is 9.59 Å². The number of nitrogens with zero attached hydrogens (tertiary/aromatic N) is 1. The minimum atomic E-state index is -0.668. The van der Waals surface area contributed by atoms with Crippen LogP contribution in [0.2, 0.25) is 20.1 Å². The fraction of sp³-hybridized carbons (Fsp3) is 0.417. The van der Waals surface area contributed by atoms with Gasteiger partial charge in [-0.05, 0) is 55.2 Å². The summed E-state index contributed by atoms with van der Waals surface area (Å²) in [4.78, 5) is 27.9. The van der Waals surface area contributed by atoms with Crippen LogP contribution in [-0.2, 0) is 22.6 Å². The zero-order valence-electron chi connectivity index (χ0n) is 17.8. The van der Waals surface area contributed by atoms with Gasteiger partial charge in [0.15, 0.2) is 0 Å². The molecule has 1 aliphatic rings. The fourth-order valence-corrected chi connectivity index (χ4v) is 4.70. The maximum absolute atomic E-state index is 13.3. The van der Waals surface area contributed by atoms with Crippen molar-refractivity contribution in [1.29, 1.82) is 0 Å². The van der Waals surface area contributed by atoms with Crippen LogP contribution >= 0.6 is 46.4 Å². The lowest BCUT2D eigenvalue weighted by Gasteiger charge is -2.31. The summed E-state index contributed by atoms with van der Waals surface area (Å²) in [5, 5.41) is 4.88. The SMILES string of the molecule is C[C@@H](C(=O)NC1CCCCC1)N(Cc1ccc(Cl)cc1Cl)C(=O)Cc1ccc(Cl)c(Cl)c1. The van der Waals surface area contributed by atoms with Crippen molar-refractivity contribution in [1.82, 2.24) is 10.2 Å². The van der Waals surface area contributed by atoms with E-state index < -0.39 is 6.04 Å². The molecule has 32 heavy (non-hydrogen) atoms. The number of halogens is 4. The van der Waals surface area contributed by atoms with Gasteiger partial charge in [0.2, 0.25) is 11.8 Å². The average molecular weight is 516 g/mol. The van der Waals surface area contributed by atoms with Gasteiger partial charge >= 0.3 is 0 Å². The summed E-state index contributed by atoms with van der Waals surface area (Å²) >= 11 is 24.5. The number of carbonyl (C=O) groups is 2. The maximum Gasteiger partial charge on any atom is 0.242 e. The number of rotatable bonds is 7. The lowest BCUT2D eigenvalue weighted by atomic mass is 9.95. The van der Waals surface area contributed by atoms with E-state index in [2.05, 4.69) is 5.32 Å². The molecular formula is C24H26Cl4N2O2. The predicted octanol–water partition coefficient (Wildman–Crippen LogP) is 6.71. The summed E-state index contributed by atoms with van der Waals surface area (Å²) in [7, 11) is 0.